The molecule has 0 bridgehead atoms. The molecule has 152 valence electrons. The maximum atomic E-state index is 11.0. The van der Waals surface area contributed by atoms with Gasteiger partial charge in [0.1, 0.15) is 11.5 Å². The van der Waals surface area contributed by atoms with E-state index in [2.05, 4.69) is 37.4 Å². The van der Waals surface area contributed by atoms with E-state index in [4.69, 9.17) is 14.6 Å². The number of fused-ring (bicyclic) bond motifs is 1. The number of hydrogen-bond acceptors (Lipinski definition) is 4. The number of aryl methyl sites for hydroxylation is 1. The molecule has 2 aliphatic heterocycles. The second-order valence-electron chi connectivity index (χ2n) is 7.81. The summed E-state index contributed by atoms with van der Waals surface area (Å²) >= 11 is 0. The normalized spacial score (nSPS) is 17.7. The molecular formula is C24H27NO4. The molecule has 5 heteroatoms. The van der Waals surface area contributed by atoms with Crippen LogP contribution in [0.5, 0.6) is 5.75 Å². The van der Waals surface area contributed by atoms with Crippen LogP contribution in [0.25, 0.3) is 5.76 Å². The van der Waals surface area contributed by atoms with Crippen molar-refractivity contribution >= 4 is 17.4 Å². The van der Waals surface area contributed by atoms with Crippen LogP contribution in [0, 0.1) is 13.8 Å². The topological polar surface area (TPSA) is 67.8 Å². The summed E-state index contributed by atoms with van der Waals surface area (Å²) in [7, 11) is 0. The van der Waals surface area contributed by atoms with Crippen LogP contribution < -0.4 is 10.1 Å². The minimum absolute atomic E-state index is 0.0674. The Kier molecular flexibility index (Phi) is 5.47. The summed E-state index contributed by atoms with van der Waals surface area (Å²) in [6.45, 7) is 6.19. The van der Waals surface area contributed by atoms with Gasteiger partial charge in [0.25, 0.3) is 0 Å². The predicted molar refractivity (Wildman–Crippen MR) is 113 cm³/mol. The zero-order chi connectivity index (χ0) is 20.4. The number of allylic oxidation sites excluding steroid dienone is 1. The molecule has 0 unspecified atom stereocenters. The average Bonchev–Trinajstić information content (AvgIpc) is 3.10. The number of benzene rings is 2. The van der Waals surface area contributed by atoms with E-state index in [1.54, 1.807) is 0 Å². The Hall–Kier alpha value is -2.95. The Balaban J connectivity index is 1.50. The first-order chi connectivity index (χ1) is 14.0. The van der Waals surface area contributed by atoms with E-state index in [0.717, 1.165) is 42.2 Å². The molecule has 5 nitrogen and oxygen atoms in total. The number of aliphatic carboxylic acids is 1. The fourth-order valence-corrected chi connectivity index (χ4v) is 4.16. The molecule has 0 amide bonds. The van der Waals surface area contributed by atoms with Crippen molar-refractivity contribution in [1.29, 1.82) is 0 Å². The van der Waals surface area contributed by atoms with Crippen LogP contribution in [0.15, 0.2) is 36.4 Å². The fraction of sp³-hybridized carbons (Fsp3) is 0.375. The number of carboxylic acids is 1. The molecule has 1 atom stereocenters. The number of rotatable bonds is 6. The lowest BCUT2D eigenvalue weighted by molar-refractivity contribution is -0.137. The highest BCUT2D eigenvalue weighted by molar-refractivity contribution is 5.69. The lowest BCUT2D eigenvalue weighted by Crippen LogP contribution is -2.08. The molecule has 2 heterocycles. The quantitative estimate of drug-likeness (QED) is 0.721. The number of carbonyl (C=O) groups is 1. The molecule has 2 aliphatic rings. The zero-order valence-corrected chi connectivity index (χ0v) is 17.0. The van der Waals surface area contributed by atoms with Gasteiger partial charge in [-0.05, 0) is 55.5 Å². The first kappa shape index (κ1) is 19.4. The second-order valence-corrected chi connectivity index (χ2v) is 7.81. The van der Waals surface area contributed by atoms with Crippen LogP contribution >= 0.6 is 0 Å². The summed E-state index contributed by atoms with van der Waals surface area (Å²) in [5, 5.41) is 12.5. The van der Waals surface area contributed by atoms with Crippen molar-refractivity contribution < 1.29 is 19.4 Å². The van der Waals surface area contributed by atoms with E-state index in [1.165, 1.54) is 22.3 Å². The lowest BCUT2D eigenvalue weighted by atomic mass is 9.95. The van der Waals surface area contributed by atoms with Gasteiger partial charge in [0, 0.05) is 35.3 Å². The van der Waals surface area contributed by atoms with Crippen molar-refractivity contribution in [3.05, 3.63) is 64.2 Å². The average molecular weight is 393 g/mol. The van der Waals surface area contributed by atoms with Crippen LogP contribution in [0.4, 0.5) is 5.69 Å². The van der Waals surface area contributed by atoms with Crippen LogP contribution in [-0.2, 0) is 16.1 Å². The van der Waals surface area contributed by atoms with Gasteiger partial charge < -0.3 is 19.9 Å². The van der Waals surface area contributed by atoms with Gasteiger partial charge in [-0.15, -0.1) is 0 Å². The molecule has 0 aliphatic carbocycles. The monoisotopic (exact) mass is 393 g/mol. The molecule has 0 fully saturated rings. The smallest absolute Gasteiger partial charge is 0.304 e. The minimum atomic E-state index is -0.795. The first-order valence-corrected chi connectivity index (χ1v) is 10.2. The molecule has 0 saturated heterocycles. The van der Waals surface area contributed by atoms with Crippen LogP contribution in [0.1, 0.15) is 53.0 Å². The van der Waals surface area contributed by atoms with E-state index in [1.807, 2.05) is 18.2 Å². The molecule has 2 aromatic carbocycles. The third kappa shape index (κ3) is 4.09. The summed E-state index contributed by atoms with van der Waals surface area (Å²) in [5.41, 5.74) is 6.85. The Morgan fingerprint density at radius 1 is 1.21 bits per heavy atom. The van der Waals surface area contributed by atoms with E-state index in [9.17, 15) is 4.79 Å². The molecule has 0 spiro atoms. The Morgan fingerprint density at radius 3 is 2.83 bits per heavy atom. The van der Waals surface area contributed by atoms with E-state index in [0.29, 0.717) is 13.2 Å². The lowest BCUT2D eigenvalue weighted by Gasteiger charge is -2.21. The van der Waals surface area contributed by atoms with Gasteiger partial charge in [0.2, 0.25) is 0 Å². The highest BCUT2D eigenvalue weighted by atomic mass is 16.5. The minimum Gasteiger partial charge on any atom is -0.493 e. The molecular weight excluding hydrogens is 366 g/mol. The highest BCUT2D eigenvalue weighted by Gasteiger charge is 2.26. The van der Waals surface area contributed by atoms with Crippen molar-refractivity contribution in [2.24, 2.45) is 0 Å². The predicted octanol–water partition coefficient (Wildman–Crippen LogP) is 5.02. The van der Waals surface area contributed by atoms with E-state index in [-0.39, 0.29) is 12.3 Å². The number of nitrogens with one attached hydrogen (secondary N) is 1. The number of hydrogen-bond donors (Lipinski definition) is 2. The van der Waals surface area contributed by atoms with Crippen LogP contribution in [0.3, 0.4) is 0 Å². The molecule has 2 N–H and O–H groups in total. The summed E-state index contributed by atoms with van der Waals surface area (Å²) in [4.78, 5) is 11.0. The fourth-order valence-electron chi connectivity index (χ4n) is 4.16. The van der Waals surface area contributed by atoms with Gasteiger partial charge in [-0.25, -0.2) is 0 Å². The Bertz CT molecular complexity index is 964. The third-order valence-electron chi connectivity index (χ3n) is 5.77. The van der Waals surface area contributed by atoms with E-state index >= 15 is 0 Å². The molecule has 0 aromatic heterocycles. The summed E-state index contributed by atoms with van der Waals surface area (Å²) in [5.74, 6) is 0.922. The summed E-state index contributed by atoms with van der Waals surface area (Å²) in [6.07, 6.45) is 4.44. The first-order valence-electron chi connectivity index (χ1n) is 10.2. The molecule has 29 heavy (non-hydrogen) atoms. The molecule has 2 aromatic rings. The maximum Gasteiger partial charge on any atom is 0.304 e. The van der Waals surface area contributed by atoms with Crippen LogP contribution in [-0.4, -0.2) is 24.3 Å². The third-order valence-corrected chi connectivity index (χ3v) is 5.77. The highest BCUT2D eigenvalue weighted by Crippen LogP contribution is 2.38. The largest absolute Gasteiger partial charge is 0.493 e. The van der Waals surface area contributed by atoms with Crippen molar-refractivity contribution in [1.82, 2.24) is 0 Å². The van der Waals surface area contributed by atoms with Gasteiger partial charge in [0.05, 0.1) is 19.6 Å². The van der Waals surface area contributed by atoms with E-state index < -0.39 is 5.97 Å². The van der Waals surface area contributed by atoms with Crippen molar-refractivity contribution in [3.63, 3.8) is 0 Å². The number of ether oxygens (including phenoxy) is 2. The van der Waals surface area contributed by atoms with Gasteiger partial charge >= 0.3 is 5.97 Å². The Labute approximate surface area is 171 Å². The summed E-state index contributed by atoms with van der Waals surface area (Å²) < 4.78 is 11.6. The van der Waals surface area contributed by atoms with Gasteiger partial charge in [0.15, 0.2) is 0 Å². The standard InChI is InChI=1S/C24H27NO4/c1-15-6-7-17(16(2)24(15)21-5-3-4-10-28-21)13-25-19-8-9-20-18(11-23(26)27)14-29-22(20)12-19/h5-9,12,18,25H,3-4,10-11,13-14H2,1-2H3,(H,26,27)/t18-/m1/s1. The zero-order valence-electron chi connectivity index (χ0n) is 17.0. The SMILES string of the molecule is Cc1ccc(CNc2ccc3c(c2)OC[C@H]3CC(=O)O)c(C)c1C1=CCCCO1. The maximum absolute atomic E-state index is 11.0. The van der Waals surface area contributed by atoms with Crippen molar-refractivity contribution in [3.8, 4) is 5.75 Å². The van der Waals surface area contributed by atoms with Crippen LogP contribution in [0.2, 0.25) is 0 Å². The van der Waals surface area contributed by atoms with Gasteiger partial charge in [-0.3, -0.25) is 4.79 Å². The van der Waals surface area contributed by atoms with Gasteiger partial charge in [-0.1, -0.05) is 18.2 Å². The number of carboxylic acid groups (broad SMARTS) is 1. The Morgan fingerprint density at radius 2 is 2.07 bits per heavy atom. The van der Waals surface area contributed by atoms with Crippen molar-refractivity contribution in [2.75, 3.05) is 18.5 Å². The van der Waals surface area contributed by atoms with Gasteiger partial charge in [-0.2, -0.15) is 0 Å². The molecule has 4 rings (SSSR count). The van der Waals surface area contributed by atoms with Crippen molar-refractivity contribution in [2.45, 2.75) is 45.6 Å². The number of anilines is 1. The molecule has 0 saturated carbocycles. The second kappa shape index (κ2) is 8.19. The summed E-state index contributed by atoms with van der Waals surface area (Å²) in [6, 6.07) is 10.3. The molecule has 0 radical (unpaired) electrons.